The number of hydrogen-bond acceptors (Lipinski definition) is 5. The maximum absolute atomic E-state index is 10.9. The number of anilines is 1. The zero-order chi connectivity index (χ0) is 14.7. The Morgan fingerprint density at radius 3 is 3.00 bits per heavy atom. The van der Waals surface area contributed by atoms with Crippen molar-refractivity contribution in [1.82, 2.24) is 9.88 Å². The third-order valence-corrected chi connectivity index (χ3v) is 3.95. The van der Waals surface area contributed by atoms with E-state index in [0.717, 1.165) is 26.1 Å². The number of nitro groups is 1. The Morgan fingerprint density at radius 2 is 2.35 bits per heavy atom. The maximum Gasteiger partial charge on any atom is 0.276 e. The number of rotatable bonds is 5. The standard InChI is InChI=1S/C13H19ClN4O2/c1-3-17-6-4-5-10(17)9-16(2)13-8-11(18(19)20)7-12(14)15-13/h7-8,10H,3-6,9H2,1-2H3. The van der Waals surface area contributed by atoms with Gasteiger partial charge in [-0.25, -0.2) is 4.98 Å². The second-order valence-corrected chi connectivity index (χ2v) is 5.46. The van der Waals surface area contributed by atoms with Gasteiger partial charge in [0.15, 0.2) is 0 Å². The molecule has 0 aromatic carbocycles. The minimum atomic E-state index is -0.446. The van der Waals surface area contributed by atoms with Gasteiger partial charge in [0.05, 0.1) is 17.1 Å². The van der Waals surface area contributed by atoms with E-state index in [1.54, 1.807) is 0 Å². The number of nitrogens with zero attached hydrogens (tertiary/aromatic N) is 4. The lowest BCUT2D eigenvalue weighted by Crippen LogP contribution is -2.39. The van der Waals surface area contributed by atoms with E-state index in [0.29, 0.717) is 11.9 Å². The fraction of sp³-hybridized carbons (Fsp3) is 0.615. The summed E-state index contributed by atoms with van der Waals surface area (Å²) in [5, 5.41) is 11.0. The molecular weight excluding hydrogens is 280 g/mol. The van der Waals surface area contributed by atoms with Gasteiger partial charge in [0.2, 0.25) is 0 Å². The molecule has 0 radical (unpaired) electrons. The number of likely N-dealkylation sites (N-methyl/N-ethyl adjacent to an activating group) is 2. The number of aromatic nitrogens is 1. The van der Waals surface area contributed by atoms with E-state index in [4.69, 9.17) is 11.6 Å². The van der Waals surface area contributed by atoms with Crippen LogP contribution in [-0.4, -0.2) is 47.5 Å². The number of halogens is 1. The van der Waals surface area contributed by atoms with Crippen LogP contribution in [0.2, 0.25) is 5.15 Å². The number of pyridine rings is 1. The van der Waals surface area contributed by atoms with Gasteiger partial charge in [0.25, 0.3) is 5.69 Å². The summed E-state index contributed by atoms with van der Waals surface area (Å²) >= 11 is 5.86. The molecule has 2 rings (SSSR count). The molecule has 1 fully saturated rings. The van der Waals surface area contributed by atoms with Crippen LogP contribution in [0.3, 0.4) is 0 Å². The van der Waals surface area contributed by atoms with Crippen LogP contribution < -0.4 is 4.90 Å². The smallest absolute Gasteiger partial charge is 0.276 e. The fourth-order valence-electron chi connectivity index (χ4n) is 2.70. The van der Waals surface area contributed by atoms with Crippen molar-refractivity contribution in [2.45, 2.75) is 25.8 Å². The lowest BCUT2D eigenvalue weighted by atomic mass is 10.2. The Morgan fingerprint density at radius 1 is 1.60 bits per heavy atom. The van der Waals surface area contributed by atoms with Crippen molar-refractivity contribution in [3.8, 4) is 0 Å². The maximum atomic E-state index is 10.9. The van der Waals surface area contributed by atoms with E-state index in [1.165, 1.54) is 18.6 Å². The normalized spacial score (nSPS) is 19.2. The average molecular weight is 299 g/mol. The molecule has 110 valence electrons. The summed E-state index contributed by atoms with van der Waals surface area (Å²) in [6.07, 6.45) is 2.36. The Balaban J connectivity index is 2.12. The zero-order valence-corrected chi connectivity index (χ0v) is 12.5. The summed E-state index contributed by atoms with van der Waals surface area (Å²) in [5.74, 6) is 0.548. The van der Waals surface area contributed by atoms with Crippen LogP contribution in [0.4, 0.5) is 11.5 Å². The van der Waals surface area contributed by atoms with Gasteiger partial charge in [-0.1, -0.05) is 18.5 Å². The van der Waals surface area contributed by atoms with Crippen LogP contribution >= 0.6 is 11.6 Å². The predicted molar refractivity (Wildman–Crippen MR) is 79.4 cm³/mol. The molecule has 1 saturated heterocycles. The second kappa shape index (κ2) is 6.37. The van der Waals surface area contributed by atoms with Crippen molar-refractivity contribution < 1.29 is 4.92 Å². The lowest BCUT2D eigenvalue weighted by Gasteiger charge is -2.28. The quantitative estimate of drug-likeness (QED) is 0.475. The third kappa shape index (κ3) is 3.37. The van der Waals surface area contributed by atoms with Crippen LogP contribution in [0.15, 0.2) is 12.1 Å². The fourth-order valence-corrected chi connectivity index (χ4v) is 2.90. The van der Waals surface area contributed by atoms with E-state index in [1.807, 2.05) is 11.9 Å². The Bertz CT molecular complexity index is 497. The predicted octanol–water partition coefficient (Wildman–Crippen LogP) is 2.56. The topological polar surface area (TPSA) is 62.5 Å². The minimum Gasteiger partial charge on any atom is -0.358 e. The van der Waals surface area contributed by atoms with Crippen LogP contribution in [0, 0.1) is 10.1 Å². The molecule has 2 heterocycles. The van der Waals surface area contributed by atoms with Gasteiger partial charge in [0, 0.05) is 19.6 Å². The molecule has 0 amide bonds. The van der Waals surface area contributed by atoms with Crippen molar-refractivity contribution in [3.63, 3.8) is 0 Å². The van der Waals surface area contributed by atoms with Gasteiger partial charge in [0.1, 0.15) is 11.0 Å². The molecule has 1 aromatic rings. The molecule has 0 spiro atoms. The minimum absolute atomic E-state index is 0.0226. The largest absolute Gasteiger partial charge is 0.358 e. The molecule has 6 nitrogen and oxygen atoms in total. The highest BCUT2D eigenvalue weighted by atomic mass is 35.5. The molecular formula is C13H19ClN4O2. The van der Waals surface area contributed by atoms with Crippen LogP contribution in [-0.2, 0) is 0 Å². The van der Waals surface area contributed by atoms with Crippen LogP contribution in [0.1, 0.15) is 19.8 Å². The summed E-state index contributed by atoms with van der Waals surface area (Å²) in [7, 11) is 1.90. The Kier molecular flexibility index (Phi) is 4.77. The van der Waals surface area contributed by atoms with Gasteiger partial charge in [-0.3, -0.25) is 15.0 Å². The van der Waals surface area contributed by atoms with Gasteiger partial charge >= 0.3 is 0 Å². The highest BCUT2D eigenvalue weighted by Crippen LogP contribution is 2.24. The van der Waals surface area contributed by atoms with Crippen molar-refractivity contribution in [2.75, 3.05) is 31.6 Å². The Labute approximate surface area is 123 Å². The molecule has 1 aliphatic rings. The van der Waals surface area contributed by atoms with E-state index in [9.17, 15) is 10.1 Å². The van der Waals surface area contributed by atoms with Crippen molar-refractivity contribution in [3.05, 3.63) is 27.4 Å². The molecule has 1 unspecified atom stereocenters. The van der Waals surface area contributed by atoms with Crippen LogP contribution in [0.25, 0.3) is 0 Å². The monoisotopic (exact) mass is 298 g/mol. The van der Waals surface area contributed by atoms with Crippen molar-refractivity contribution in [2.24, 2.45) is 0 Å². The van der Waals surface area contributed by atoms with E-state index < -0.39 is 4.92 Å². The molecule has 0 N–H and O–H groups in total. The SMILES string of the molecule is CCN1CCCC1CN(C)c1cc([N+](=O)[O-])cc(Cl)n1. The number of likely N-dealkylation sites (tertiary alicyclic amines) is 1. The van der Waals surface area contributed by atoms with E-state index >= 15 is 0 Å². The average Bonchev–Trinajstić information content (AvgIpc) is 2.85. The van der Waals surface area contributed by atoms with Gasteiger partial charge in [-0.05, 0) is 25.9 Å². The molecule has 0 saturated carbocycles. The highest BCUT2D eigenvalue weighted by molar-refractivity contribution is 6.29. The molecule has 1 atom stereocenters. The lowest BCUT2D eigenvalue weighted by molar-refractivity contribution is -0.384. The molecule has 1 aliphatic heterocycles. The van der Waals surface area contributed by atoms with Crippen LogP contribution in [0.5, 0.6) is 0 Å². The Hall–Kier alpha value is -1.40. The second-order valence-electron chi connectivity index (χ2n) is 5.07. The first-order valence-electron chi connectivity index (χ1n) is 6.78. The first-order valence-corrected chi connectivity index (χ1v) is 7.16. The summed E-state index contributed by atoms with van der Waals surface area (Å²) < 4.78 is 0. The van der Waals surface area contributed by atoms with Gasteiger partial charge < -0.3 is 4.90 Å². The summed E-state index contributed by atoms with van der Waals surface area (Å²) in [4.78, 5) is 19.0. The summed E-state index contributed by atoms with van der Waals surface area (Å²) in [6, 6.07) is 3.22. The first-order chi connectivity index (χ1) is 9.51. The summed E-state index contributed by atoms with van der Waals surface area (Å²) in [6.45, 7) is 5.11. The van der Waals surface area contributed by atoms with Gasteiger partial charge in [-0.15, -0.1) is 0 Å². The molecule has 0 aliphatic carbocycles. The van der Waals surface area contributed by atoms with Gasteiger partial charge in [-0.2, -0.15) is 0 Å². The molecule has 7 heteroatoms. The zero-order valence-electron chi connectivity index (χ0n) is 11.8. The van der Waals surface area contributed by atoms with E-state index in [2.05, 4.69) is 16.8 Å². The summed E-state index contributed by atoms with van der Waals surface area (Å²) in [5.41, 5.74) is -0.0226. The molecule has 20 heavy (non-hydrogen) atoms. The third-order valence-electron chi connectivity index (χ3n) is 3.76. The number of hydrogen-bond donors (Lipinski definition) is 0. The molecule has 1 aromatic heterocycles. The van der Waals surface area contributed by atoms with E-state index in [-0.39, 0.29) is 10.8 Å². The first kappa shape index (κ1) is 15.0. The van der Waals surface area contributed by atoms with Crippen molar-refractivity contribution in [1.29, 1.82) is 0 Å². The highest BCUT2D eigenvalue weighted by Gasteiger charge is 2.25. The molecule has 0 bridgehead atoms. The van der Waals surface area contributed by atoms with Crippen molar-refractivity contribution >= 4 is 23.1 Å².